The molecule has 0 aliphatic rings. The van der Waals surface area contributed by atoms with Gasteiger partial charge in [0.25, 0.3) is 0 Å². The van der Waals surface area contributed by atoms with Crippen LogP contribution in [0.1, 0.15) is 6.42 Å². The highest BCUT2D eigenvalue weighted by Crippen LogP contribution is 2.30. The van der Waals surface area contributed by atoms with E-state index in [9.17, 15) is 13.6 Å². The van der Waals surface area contributed by atoms with Gasteiger partial charge in [0, 0.05) is 17.7 Å². The van der Waals surface area contributed by atoms with Gasteiger partial charge in [-0.3, -0.25) is 4.79 Å². The van der Waals surface area contributed by atoms with Crippen LogP contribution in [-0.2, 0) is 4.79 Å². The number of nitrogens with two attached hydrogens (primary N) is 1. The first-order valence-corrected chi connectivity index (χ1v) is 10.2. The number of nitrogens with one attached hydrogen (secondary N) is 1. The summed E-state index contributed by atoms with van der Waals surface area (Å²) in [4.78, 5) is 12.1. The number of benzene rings is 2. The highest BCUT2D eigenvalue weighted by Gasteiger charge is 2.14. The van der Waals surface area contributed by atoms with Crippen molar-refractivity contribution in [2.75, 3.05) is 16.9 Å². The number of alkyl halides is 2. The molecule has 2 aromatic carbocycles. The molecule has 0 unspecified atom stereocenters. The number of nitrogens with zero attached hydrogens (tertiary/aromatic N) is 3. The first-order valence-electron chi connectivity index (χ1n) is 8.47. The molecule has 3 N–H and O–H groups in total. The first kappa shape index (κ1) is 22.1. The Kier molecular flexibility index (Phi) is 7.35. The number of ether oxygens (including phenoxy) is 1. The second-order valence-electron chi connectivity index (χ2n) is 5.82. The van der Waals surface area contributed by atoms with E-state index in [4.69, 9.17) is 29.0 Å². The summed E-state index contributed by atoms with van der Waals surface area (Å²) in [6.07, 6.45) is 0.161. The number of carbonyl (C=O) groups is 1. The van der Waals surface area contributed by atoms with E-state index in [1.165, 1.54) is 28.6 Å². The topological polar surface area (TPSA) is 95.1 Å². The molecule has 0 saturated carbocycles. The molecule has 0 bridgehead atoms. The van der Waals surface area contributed by atoms with Gasteiger partial charge in [-0.05, 0) is 36.4 Å². The van der Waals surface area contributed by atoms with Gasteiger partial charge in [0.1, 0.15) is 5.75 Å². The number of anilines is 1. The summed E-state index contributed by atoms with van der Waals surface area (Å²) < 4.78 is 30.0. The molecule has 30 heavy (non-hydrogen) atoms. The Morgan fingerprint density at radius 3 is 2.47 bits per heavy atom. The van der Waals surface area contributed by atoms with E-state index in [0.29, 0.717) is 38.0 Å². The fourth-order valence-electron chi connectivity index (χ4n) is 2.41. The maximum Gasteiger partial charge on any atom is 0.387 e. The van der Waals surface area contributed by atoms with Crippen LogP contribution in [0.2, 0.25) is 10.0 Å². The van der Waals surface area contributed by atoms with E-state index in [2.05, 4.69) is 20.3 Å². The maximum atomic E-state index is 12.2. The summed E-state index contributed by atoms with van der Waals surface area (Å²) in [5.41, 5.74) is 0.934. The molecule has 0 spiro atoms. The third-order valence-electron chi connectivity index (χ3n) is 3.79. The predicted octanol–water partition coefficient (Wildman–Crippen LogP) is 4.69. The minimum atomic E-state index is -2.90. The van der Waals surface area contributed by atoms with Crippen molar-refractivity contribution in [3.05, 3.63) is 52.5 Å². The summed E-state index contributed by atoms with van der Waals surface area (Å²) >= 11 is 13.3. The number of thioether (sulfide) groups is 1. The Morgan fingerprint density at radius 1 is 1.17 bits per heavy atom. The molecule has 1 amide bonds. The number of carbonyl (C=O) groups excluding carboxylic acids is 1. The monoisotopic (exact) mass is 473 g/mol. The minimum absolute atomic E-state index is 0.0241. The number of hydrogen-bond acceptors (Lipinski definition) is 6. The second kappa shape index (κ2) is 9.96. The first-order chi connectivity index (χ1) is 14.3. The van der Waals surface area contributed by atoms with Crippen LogP contribution in [-0.4, -0.2) is 33.1 Å². The molecule has 0 atom stereocenters. The summed E-state index contributed by atoms with van der Waals surface area (Å²) in [6.45, 7) is -2.90. The maximum absolute atomic E-state index is 12.2. The third-order valence-corrected chi connectivity index (χ3v) is 5.36. The molecule has 1 aromatic heterocycles. The summed E-state index contributed by atoms with van der Waals surface area (Å²) in [5.74, 6) is 6.49. The number of halogens is 4. The lowest BCUT2D eigenvalue weighted by Gasteiger charge is -2.09. The number of aromatic nitrogens is 3. The Bertz CT molecular complexity index is 1010. The van der Waals surface area contributed by atoms with Crippen molar-refractivity contribution in [3.8, 4) is 17.1 Å². The van der Waals surface area contributed by atoms with Gasteiger partial charge in [0.05, 0.1) is 15.7 Å². The van der Waals surface area contributed by atoms with Crippen LogP contribution < -0.4 is 15.9 Å². The summed E-state index contributed by atoms with van der Waals surface area (Å²) in [6, 6.07) is 10.8. The van der Waals surface area contributed by atoms with Crippen LogP contribution in [0.3, 0.4) is 0 Å². The molecule has 7 nitrogen and oxygen atoms in total. The van der Waals surface area contributed by atoms with Gasteiger partial charge in [-0.25, -0.2) is 4.68 Å². The van der Waals surface area contributed by atoms with Gasteiger partial charge in [-0.15, -0.1) is 10.2 Å². The fraction of sp³-hybridized carbons (Fsp3) is 0.167. The van der Waals surface area contributed by atoms with E-state index in [0.717, 1.165) is 0 Å². The van der Waals surface area contributed by atoms with Gasteiger partial charge in [-0.1, -0.05) is 41.0 Å². The van der Waals surface area contributed by atoms with Crippen molar-refractivity contribution in [3.63, 3.8) is 0 Å². The van der Waals surface area contributed by atoms with Crippen molar-refractivity contribution >= 4 is 46.6 Å². The Morgan fingerprint density at radius 2 is 1.83 bits per heavy atom. The minimum Gasteiger partial charge on any atom is -0.435 e. The van der Waals surface area contributed by atoms with Crippen molar-refractivity contribution in [2.24, 2.45) is 0 Å². The molecule has 0 saturated heterocycles. The number of hydrogen-bond donors (Lipinski definition) is 2. The standard InChI is InChI=1S/C18H15Cl2F2N5O2S/c19-12-2-1-3-13(20)15(12)24-14(28)8-9-30-18-26-25-16(27(18)23)10-4-6-11(7-5-10)29-17(21)22/h1-7,17H,8-9,23H2,(H,24,28). The average molecular weight is 474 g/mol. The smallest absolute Gasteiger partial charge is 0.387 e. The lowest BCUT2D eigenvalue weighted by molar-refractivity contribution is -0.115. The van der Waals surface area contributed by atoms with Gasteiger partial charge in [0.2, 0.25) is 11.1 Å². The molecule has 1 heterocycles. The fourth-order valence-corrected chi connectivity index (χ4v) is 3.70. The zero-order valence-electron chi connectivity index (χ0n) is 15.2. The molecule has 3 rings (SSSR count). The second-order valence-corrected chi connectivity index (χ2v) is 7.70. The van der Waals surface area contributed by atoms with Crippen LogP contribution in [0.4, 0.5) is 14.5 Å². The Balaban J connectivity index is 1.57. The van der Waals surface area contributed by atoms with Crippen LogP contribution in [0.5, 0.6) is 5.75 Å². The van der Waals surface area contributed by atoms with Crippen LogP contribution in [0.25, 0.3) is 11.4 Å². The normalized spacial score (nSPS) is 11.0. The summed E-state index contributed by atoms with van der Waals surface area (Å²) in [5, 5.41) is 11.8. The number of rotatable bonds is 8. The highest BCUT2D eigenvalue weighted by molar-refractivity contribution is 7.99. The molecular formula is C18H15Cl2F2N5O2S. The van der Waals surface area contributed by atoms with E-state index < -0.39 is 6.61 Å². The largest absolute Gasteiger partial charge is 0.435 e. The van der Waals surface area contributed by atoms with Gasteiger partial charge < -0.3 is 15.9 Å². The number of amides is 1. The molecule has 0 aliphatic carbocycles. The highest BCUT2D eigenvalue weighted by atomic mass is 35.5. The van der Waals surface area contributed by atoms with Crippen LogP contribution in [0.15, 0.2) is 47.6 Å². The Labute approximate surface area is 184 Å². The number of para-hydroxylation sites is 1. The SMILES string of the molecule is Nn1c(SCCC(=O)Nc2c(Cl)cccc2Cl)nnc1-c1ccc(OC(F)F)cc1. The lowest BCUT2D eigenvalue weighted by Crippen LogP contribution is -2.14. The number of nitrogen functional groups attached to an aromatic ring is 1. The van der Waals surface area contributed by atoms with Gasteiger partial charge in [0.15, 0.2) is 5.82 Å². The van der Waals surface area contributed by atoms with Gasteiger partial charge in [-0.2, -0.15) is 8.78 Å². The van der Waals surface area contributed by atoms with Gasteiger partial charge >= 0.3 is 6.61 Å². The molecule has 12 heteroatoms. The Hall–Kier alpha value is -2.56. The lowest BCUT2D eigenvalue weighted by atomic mass is 10.2. The quantitative estimate of drug-likeness (QED) is 0.364. The van der Waals surface area contributed by atoms with Crippen molar-refractivity contribution in [2.45, 2.75) is 18.2 Å². The molecule has 3 aromatic rings. The zero-order chi connectivity index (χ0) is 21.7. The third kappa shape index (κ3) is 5.53. The molecule has 0 aliphatic heterocycles. The zero-order valence-corrected chi connectivity index (χ0v) is 17.5. The summed E-state index contributed by atoms with van der Waals surface area (Å²) in [7, 11) is 0. The van der Waals surface area contributed by atoms with Crippen LogP contribution >= 0.6 is 35.0 Å². The molecule has 0 fully saturated rings. The average Bonchev–Trinajstić information content (AvgIpc) is 3.06. The van der Waals surface area contributed by atoms with Crippen LogP contribution in [0, 0.1) is 0 Å². The molecule has 158 valence electrons. The molecular weight excluding hydrogens is 459 g/mol. The van der Waals surface area contributed by atoms with E-state index in [1.807, 2.05) is 0 Å². The molecule has 0 radical (unpaired) electrons. The van der Waals surface area contributed by atoms with E-state index in [1.54, 1.807) is 30.3 Å². The van der Waals surface area contributed by atoms with E-state index in [-0.39, 0.29) is 18.1 Å². The van der Waals surface area contributed by atoms with E-state index >= 15 is 0 Å². The predicted molar refractivity (Wildman–Crippen MR) is 113 cm³/mol. The van der Waals surface area contributed by atoms with Crippen molar-refractivity contribution in [1.82, 2.24) is 14.9 Å². The van der Waals surface area contributed by atoms with Crippen molar-refractivity contribution in [1.29, 1.82) is 0 Å². The van der Waals surface area contributed by atoms with Crippen molar-refractivity contribution < 1.29 is 18.3 Å².